The predicted molar refractivity (Wildman–Crippen MR) is 78.6 cm³/mol. The first-order chi connectivity index (χ1) is 9.96. The van der Waals surface area contributed by atoms with E-state index in [2.05, 4.69) is 19.1 Å². The molecule has 1 N–H and O–H groups in total. The molecular weight excluding hydrogens is 268 g/mol. The Morgan fingerprint density at radius 2 is 1.95 bits per heavy atom. The number of hydrogen-bond donors (Lipinski definition) is 1. The summed E-state index contributed by atoms with van der Waals surface area (Å²) in [6, 6.07) is 10.2. The Bertz CT molecular complexity index is 473. The largest absolute Gasteiger partial charge is 0.368 e. The van der Waals surface area contributed by atoms with Gasteiger partial charge in [0.05, 0.1) is 12.7 Å². The highest BCUT2D eigenvalue weighted by molar-refractivity contribution is 5.16. The summed E-state index contributed by atoms with van der Waals surface area (Å²) in [5, 5.41) is 10.3. The fourth-order valence-electron chi connectivity index (χ4n) is 3.37. The summed E-state index contributed by atoms with van der Waals surface area (Å²) in [6.45, 7) is 6.46. The fraction of sp³-hybridized carbons (Fsp3) is 0.647. The van der Waals surface area contributed by atoms with Crippen LogP contribution in [0.2, 0.25) is 0 Å². The predicted octanol–water partition coefficient (Wildman–Crippen LogP) is 2.35. The zero-order chi connectivity index (χ0) is 15.0. The van der Waals surface area contributed by atoms with Crippen molar-refractivity contribution in [1.29, 1.82) is 0 Å². The number of aliphatic hydroxyl groups excluding tert-OH is 1. The van der Waals surface area contributed by atoms with Crippen LogP contribution < -0.4 is 0 Å². The molecular formula is C17H24O4. The third-order valence-corrected chi connectivity index (χ3v) is 4.57. The number of rotatable bonds is 3. The summed E-state index contributed by atoms with van der Waals surface area (Å²) < 4.78 is 17.3. The van der Waals surface area contributed by atoms with Gasteiger partial charge in [0.2, 0.25) is 0 Å². The highest BCUT2D eigenvalue weighted by atomic mass is 16.8. The van der Waals surface area contributed by atoms with Crippen LogP contribution in [0.25, 0.3) is 0 Å². The Morgan fingerprint density at radius 1 is 1.24 bits per heavy atom. The molecule has 0 radical (unpaired) electrons. The minimum Gasteiger partial charge on any atom is -0.368 e. The molecule has 2 heterocycles. The van der Waals surface area contributed by atoms with Crippen LogP contribution in [0.15, 0.2) is 30.3 Å². The first-order valence-electron chi connectivity index (χ1n) is 7.65. The number of aliphatic hydroxyl groups is 1. The van der Waals surface area contributed by atoms with Gasteiger partial charge in [0.1, 0.15) is 6.10 Å². The van der Waals surface area contributed by atoms with Gasteiger partial charge in [-0.25, -0.2) is 0 Å². The molecule has 1 aromatic rings. The molecule has 116 valence electrons. The van der Waals surface area contributed by atoms with Crippen molar-refractivity contribution in [3.8, 4) is 0 Å². The lowest BCUT2D eigenvalue weighted by Crippen LogP contribution is -2.35. The highest BCUT2D eigenvalue weighted by Crippen LogP contribution is 2.39. The molecule has 5 atom stereocenters. The molecule has 4 heteroatoms. The van der Waals surface area contributed by atoms with E-state index >= 15 is 0 Å². The van der Waals surface area contributed by atoms with Gasteiger partial charge in [0.25, 0.3) is 0 Å². The summed E-state index contributed by atoms with van der Waals surface area (Å²) in [4.78, 5) is 0. The number of ether oxygens (including phenoxy) is 3. The molecule has 2 aliphatic rings. The first-order valence-corrected chi connectivity index (χ1v) is 7.65. The zero-order valence-electron chi connectivity index (χ0n) is 12.9. The summed E-state index contributed by atoms with van der Waals surface area (Å²) >= 11 is 0. The summed E-state index contributed by atoms with van der Waals surface area (Å²) in [5.74, 6) is -0.247. The van der Waals surface area contributed by atoms with Gasteiger partial charge in [-0.1, -0.05) is 37.3 Å². The lowest BCUT2D eigenvalue weighted by atomic mass is 9.85. The van der Waals surface area contributed by atoms with Gasteiger partial charge in [-0.05, 0) is 31.7 Å². The van der Waals surface area contributed by atoms with Gasteiger partial charge < -0.3 is 19.3 Å². The smallest absolute Gasteiger partial charge is 0.163 e. The molecule has 2 aliphatic heterocycles. The Hall–Kier alpha value is -0.940. The van der Waals surface area contributed by atoms with E-state index < -0.39 is 12.1 Å². The van der Waals surface area contributed by atoms with Crippen molar-refractivity contribution in [2.75, 3.05) is 6.61 Å². The van der Waals surface area contributed by atoms with Crippen LogP contribution in [0.5, 0.6) is 0 Å². The van der Waals surface area contributed by atoms with Crippen molar-refractivity contribution in [2.45, 2.75) is 51.5 Å². The monoisotopic (exact) mass is 292 g/mol. The van der Waals surface area contributed by atoms with Crippen LogP contribution in [-0.2, 0) is 20.6 Å². The van der Waals surface area contributed by atoms with E-state index in [1.54, 1.807) is 0 Å². The van der Waals surface area contributed by atoms with Crippen LogP contribution in [0.1, 0.15) is 26.3 Å². The molecule has 0 aromatic heterocycles. The Balaban J connectivity index is 1.68. The minimum atomic E-state index is -0.738. The third kappa shape index (κ3) is 3.14. The Kier molecular flexibility index (Phi) is 4.06. The Labute approximate surface area is 126 Å². The van der Waals surface area contributed by atoms with E-state index in [1.807, 2.05) is 32.0 Å². The van der Waals surface area contributed by atoms with Crippen LogP contribution in [0.4, 0.5) is 0 Å². The van der Waals surface area contributed by atoms with Crippen LogP contribution in [-0.4, -0.2) is 36.0 Å². The molecule has 4 nitrogen and oxygen atoms in total. The molecule has 0 amide bonds. The van der Waals surface area contributed by atoms with E-state index in [9.17, 15) is 5.11 Å². The van der Waals surface area contributed by atoms with Gasteiger partial charge in [-0.2, -0.15) is 0 Å². The van der Waals surface area contributed by atoms with Crippen LogP contribution in [0.3, 0.4) is 0 Å². The van der Waals surface area contributed by atoms with E-state index in [0.29, 0.717) is 6.61 Å². The molecule has 0 aliphatic carbocycles. The van der Waals surface area contributed by atoms with Crippen LogP contribution in [0, 0.1) is 11.8 Å². The maximum atomic E-state index is 10.3. The minimum absolute atomic E-state index is 0.0877. The molecule has 2 fully saturated rings. The molecule has 0 spiro atoms. The third-order valence-electron chi connectivity index (χ3n) is 4.57. The van der Waals surface area contributed by atoms with E-state index in [-0.39, 0.29) is 24.0 Å². The van der Waals surface area contributed by atoms with Gasteiger partial charge in [0, 0.05) is 5.92 Å². The molecule has 5 unspecified atom stereocenters. The molecule has 21 heavy (non-hydrogen) atoms. The van der Waals surface area contributed by atoms with E-state index in [0.717, 1.165) is 6.42 Å². The SMILES string of the molecule is CC1C(Cc2ccccc2)C(O)OC1C1COC(C)(C)O1. The second kappa shape index (κ2) is 5.69. The van der Waals surface area contributed by atoms with Crippen molar-refractivity contribution < 1.29 is 19.3 Å². The Morgan fingerprint density at radius 3 is 2.57 bits per heavy atom. The molecule has 0 bridgehead atoms. The van der Waals surface area contributed by atoms with Crippen molar-refractivity contribution in [3.05, 3.63) is 35.9 Å². The first kappa shape index (κ1) is 15.0. The molecule has 2 saturated heterocycles. The molecule has 0 saturated carbocycles. The van der Waals surface area contributed by atoms with Gasteiger partial charge in [-0.15, -0.1) is 0 Å². The van der Waals surface area contributed by atoms with Crippen molar-refractivity contribution in [1.82, 2.24) is 0 Å². The van der Waals surface area contributed by atoms with E-state index in [4.69, 9.17) is 14.2 Å². The fourth-order valence-corrected chi connectivity index (χ4v) is 3.37. The summed E-state index contributed by atoms with van der Waals surface area (Å²) in [6.07, 6.45) is -0.144. The average molecular weight is 292 g/mol. The topological polar surface area (TPSA) is 47.9 Å². The number of hydrogen-bond acceptors (Lipinski definition) is 4. The quantitative estimate of drug-likeness (QED) is 0.929. The second-order valence-corrected chi connectivity index (χ2v) is 6.57. The van der Waals surface area contributed by atoms with Crippen LogP contribution >= 0.6 is 0 Å². The summed E-state index contributed by atoms with van der Waals surface area (Å²) in [7, 11) is 0. The zero-order valence-corrected chi connectivity index (χ0v) is 12.9. The molecule has 3 rings (SSSR count). The van der Waals surface area contributed by atoms with Crippen molar-refractivity contribution >= 4 is 0 Å². The van der Waals surface area contributed by atoms with Crippen molar-refractivity contribution in [2.24, 2.45) is 11.8 Å². The maximum absolute atomic E-state index is 10.3. The average Bonchev–Trinajstić information content (AvgIpc) is 2.94. The van der Waals surface area contributed by atoms with Crippen molar-refractivity contribution in [3.63, 3.8) is 0 Å². The normalized spacial score (nSPS) is 38.8. The maximum Gasteiger partial charge on any atom is 0.163 e. The standard InChI is InChI=1S/C17H24O4/c1-11-13(9-12-7-5-4-6-8-12)16(18)20-15(11)14-10-19-17(2,3)21-14/h4-8,11,13-16,18H,9-10H2,1-3H3. The van der Waals surface area contributed by atoms with E-state index in [1.165, 1.54) is 5.56 Å². The van der Waals surface area contributed by atoms with Gasteiger partial charge in [0.15, 0.2) is 12.1 Å². The lowest BCUT2D eigenvalue weighted by molar-refractivity contribution is -0.173. The summed E-state index contributed by atoms with van der Waals surface area (Å²) in [5.41, 5.74) is 1.22. The highest BCUT2D eigenvalue weighted by Gasteiger charge is 2.48. The number of benzene rings is 1. The lowest BCUT2D eigenvalue weighted by Gasteiger charge is -2.24. The molecule has 1 aromatic carbocycles. The van der Waals surface area contributed by atoms with Gasteiger partial charge >= 0.3 is 0 Å². The second-order valence-electron chi connectivity index (χ2n) is 6.57. The van der Waals surface area contributed by atoms with Gasteiger partial charge in [-0.3, -0.25) is 0 Å².